The van der Waals surface area contributed by atoms with E-state index < -0.39 is 0 Å². The summed E-state index contributed by atoms with van der Waals surface area (Å²) < 4.78 is 11.8. The van der Waals surface area contributed by atoms with Crippen molar-refractivity contribution in [1.82, 2.24) is 10.2 Å². The van der Waals surface area contributed by atoms with E-state index in [1.54, 1.807) is 0 Å². The van der Waals surface area contributed by atoms with Crippen LogP contribution in [0.1, 0.15) is 54.7 Å². The van der Waals surface area contributed by atoms with Gasteiger partial charge in [-0.25, -0.2) is 0 Å². The van der Waals surface area contributed by atoms with Gasteiger partial charge in [-0.2, -0.15) is 0 Å². The summed E-state index contributed by atoms with van der Waals surface area (Å²) in [6.07, 6.45) is 0.717. The van der Waals surface area contributed by atoms with Gasteiger partial charge >= 0.3 is 0 Å². The molecule has 162 valence electrons. The number of hydrogen-bond donors (Lipinski definition) is 1. The van der Waals surface area contributed by atoms with Gasteiger partial charge < -0.3 is 14.8 Å². The highest BCUT2D eigenvalue weighted by Gasteiger charge is 2.14. The molecule has 0 aliphatic carbocycles. The summed E-state index contributed by atoms with van der Waals surface area (Å²) in [6.45, 7) is 11.9. The Morgan fingerprint density at radius 2 is 1.80 bits per heavy atom. The summed E-state index contributed by atoms with van der Waals surface area (Å²) in [5.41, 5.74) is 4.18. The van der Waals surface area contributed by atoms with Crippen molar-refractivity contribution in [3.63, 3.8) is 0 Å². The summed E-state index contributed by atoms with van der Waals surface area (Å²) in [6, 6.07) is 14.9. The monoisotopic (exact) mass is 410 g/mol. The first-order valence-corrected chi connectivity index (χ1v) is 10.9. The standard InChI is InChI=1S/C25H34N2O3/c1-18(2)26-25(28)22-8-9-24-23(16-22)15-20-6-5-7-21(14-20)17-27(19(3)4)10-11-29-12-13-30-24/h5-9,14,16,18-19H,10-13,15,17H2,1-4H3,(H,26,28). The van der Waals surface area contributed by atoms with Gasteiger partial charge in [-0.15, -0.1) is 0 Å². The van der Waals surface area contributed by atoms with Crippen LogP contribution in [0.5, 0.6) is 5.75 Å². The lowest BCUT2D eigenvalue weighted by Crippen LogP contribution is -2.33. The van der Waals surface area contributed by atoms with Crippen molar-refractivity contribution < 1.29 is 14.3 Å². The quantitative estimate of drug-likeness (QED) is 0.830. The van der Waals surface area contributed by atoms with Crippen molar-refractivity contribution in [3.8, 4) is 5.75 Å². The first kappa shape index (κ1) is 22.3. The van der Waals surface area contributed by atoms with E-state index in [0.29, 0.717) is 37.8 Å². The van der Waals surface area contributed by atoms with Crippen LogP contribution in [0.4, 0.5) is 0 Å². The van der Waals surface area contributed by atoms with Gasteiger partial charge in [-0.05, 0) is 62.6 Å². The van der Waals surface area contributed by atoms with Gasteiger partial charge in [0.25, 0.3) is 5.91 Å². The van der Waals surface area contributed by atoms with E-state index in [9.17, 15) is 4.79 Å². The second-order valence-electron chi connectivity index (χ2n) is 8.47. The van der Waals surface area contributed by atoms with Crippen molar-refractivity contribution in [2.45, 2.75) is 52.7 Å². The average Bonchev–Trinajstić information content (AvgIpc) is 2.69. The molecule has 2 bridgehead atoms. The van der Waals surface area contributed by atoms with Crippen LogP contribution in [0.15, 0.2) is 42.5 Å². The van der Waals surface area contributed by atoms with E-state index in [4.69, 9.17) is 9.47 Å². The third-order valence-electron chi connectivity index (χ3n) is 5.25. The maximum Gasteiger partial charge on any atom is 0.251 e. The highest BCUT2D eigenvalue weighted by atomic mass is 16.5. The van der Waals surface area contributed by atoms with Gasteiger partial charge in [0.1, 0.15) is 12.4 Å². The Labute approximate surface area is 180 Å². The molecule has 5 heteroatoms. The summed E-state index contributed by atoms with van der Waals surface area (Å²) >= 11 is 0. The Balaban J connectivity index is 1.91. The predicted octanol–water partition coefficient (Wildman–Crippen LogP) is 4.04. The van der Waals surface area contributed by atoms with Gasteiger partial charge in [0, 0.05) is 37.2 Å². The molecule has 0 atom stereocenters. The van der Waals surface area contributed by atoms with Crippen LogP contribution in [0, 0.1) is 0 Å². The van der Waals surface area contributed by atoms with E-state index >= 15 is 0 Å². The molecule has 1 amide bonds. The van der Waals surface area contributed by atoms with Gasteiger partial charge in [0.05, 0.1) is 13.2 Å². The molecular weight excluding hydrogens is 376 g/mol. The molecule has 0 fully saturated rings. The minimum Gasteiger partial charge on any atom is -0.491 e. The number of fused-ring (bicyclic) bond motifs is 3. The third kappa shape index (κ3) is 6.31. The Kier molecular flexibility index (Phi) is 7.88. The predicted molar refractivity (Wildman–Crippen MR) is 120 cm³/mol. The van der Waals surface area contributed by atoms with Gasteiger partial charge in [0.2, 0.25) is 0 Å². The first-order valence-electron chi connectivity index (χ1n) is 10.9. The number of rotatable bonds is 3. The van der Waals surface area contributed by atoms with Crippen LogP contribution in [0.2, 0.25) is 0 Å². The molecule has 1 aliphatic heterocycles. The summed E-state index contributed by atoms with van der Waals surface area (Å²) in [7, 11) is 0. The maximum atomic E-state index is 12.5. The fraction of sp³-hybridized carbons (Fsp3) is 0.480. The molecule has 1 heterocycles. The highest BCUT2D eigenvalue weighted by molar-refractivity contribution is 5.94. The summed E-state index contributed by atoms with van der Waals surface area (Å²) in [4.78, 5) is 14.9. The van der Waals surface area contributed by atoms with Crippen LogP contribution in [0.25, 0.3) is 0 Å². The van der Waals surface area contributed by atoms with Crippen molar-refractivity contribution in [3.05, 3.63) is 64.7 Å². The van der Waals surface area contributed by atoms with Crippen LogP contribution in [-0.2, 0) is 17.7 Å². The SMILES string of the molecule is CC(C)NC(=O)c1ccc2c(c1)Cc1cccc(c1)CN(C(C)C)CCOCCO2. The Morgan fingerprint density at radius 1 is 1.00 bits per heavy atom. The fourth-order valence-electron chi connectivity index (χ4n) is 3.65. The van der Waals surface area contributed by atoms with Crippen LogP contribution in [-0.4, -0.2) is 49.3 Å². The molecular formula is C25H34N2O3. The number of amides is 1. The molecule has 0 unspecified atom stereocenters. The number of carbonyl (C=O) groups excluding carboxylic acids is 1. The smallest absolute Gasteiger partial charge is 0.251 e. The normalized spacial score (nSPS) is 15.9. The molecule has 0 saturated heterocycles. The molecule has 1 N–H and O–H groups in total. The Bertz CT molecular complexity index is 848. The molecule has 0 radical (unpaired) electrons. The molecule has 5 nitrogen and oxygen atoms in total. The van der Waals surface area contributed by atoms with Crippen LogP contribution >= 0.6 is 0 Å². The van der Waals surface area contributed by atoms with E-state index in [0.717, 1.165) is 24.4 Å². The summed E-state index contributed by atoms with van der Waals surface area (Å²) in [5, 5.41) is 2.97. The molecule has 0 saturated carbocycles. The molecule has 0 spiro atoms. The zero-order chi connectivity index (χ0) is 21.5. The van der Waals surface area contributed by atoms with Gasteiger partial charge in [-0.3, -0.25) is 9.69 Å². The number of nitrogens with one attached hydrogen (secondary N) is 1. The molecule has 1 aliphatic rings. The van der Waals surface area contributed by atoms with Crippen molar-refractivity contribution in [1.29, 1.82) is 0 Å². The second-order valence-corrected chi connectivity index (χ2v) is 8.47. The maximum absolute atomic E-state index is 12.5. The Hall–Kier alpha value is -2.37. The van der Waals surface area contributed by atoms with Gasteiger partial charge in [0.15, 0.2) is 0 Å². The first-order chi connectivity index (χ1) is 14.4. The van der Waals surface area contributed by atoms with Crippen molar-refractivity contribution >= 4 is 5.91 Å². The minimum atomic E-state index is -0.0585. The highest BCUT2D eigenvalue weighted by Crippen LogP contribution is 2.25. The lowest BCUT2D eigenvalue weighted by Gasteiger charge is -2.27. The Morgan fingerprint density at radius 3 is 2.57 bits per heavy atom. The number of ether oxygens (including phenoxy) is 2. The fourth-order valence-corrected chi connectivity index (χ4v) is 3.65. The van der Waals surface area contributed by atoms with E-state index in [1.165, 1.54) is 11.1 Å². The molecule has 2 aromatic rings. The molecule has 0 aromatic heterocycles. The number of hydrogen-bond acceptors (Lipinski definition) is 4. The lowest BCUT2D eigenvalue weighted by molar-refractivity contribution is 0.0695. The third-order valence-corrected chi connectivity index (χ3v) is 5.25. The average molecular weight is 411 g/mol. The van der Waals surface area contributed by atoms with E-state index in [2.05, 4.69) is 48.3 Å². The molecule has 3 rings (SSSR count). The molecule has 2 aromatic carbocycles. The second kappa shape index (κ2) is 10.6. The number of benzene rings is 2. The molecule has 30 heavy (non-hydrogen) atoms. The zero-order valence-corrected chi connectivity index (χ0v) is 18.6. The topological polar surface area (TPSA) is 50.8 Å². The van der Waals surface area contributed by atoms with Crippen LogP contribution < -0.4 is 10.1 Å². The zero-order valence-electron chi connectivity index (χ0n) is 18.6. The number of carbonyl (C=O) groups is 1. The number of nitrogens with zero attached hydrogens (tertiary/aromatic N) is 1. The minimum absolute atomic E-state index is 0.0585. The van der Waals surface area contributed by atoms with Gasteiger partial charge in [-0.1, -0.05) is 24.3 Å². The van der Waals surface area contributed by atoms with Crippen molar-refractivity contribution in [2.75, 3.05) is 26.4 Å². The van der Waals surface area contributed by atoms with Crippen molar-refractivity contribution in [2.24, 2.45) is 0 Å². The van der Waals surface area contributed by atoms with E-state index in [1.807, 2.05) is 32.0 Å². The largest absolute Gasteiger partial charge is 0.491 e. The van der Waals surface area contributed by atoms with E-state index in [-0.39, 0.29) is 11.9 Å². The lowest BCUT2D eigenvalue weighted by atomic mass is 9.99. The summed E-state index contributed by atoms with van der Waals surface area (Å²) in [5.74, 6) is 0.753. The van der Waals surface area contributed by atoms with Crippen LogP contribution in [0.3, 0.4) is 0 Å².